The fourth-order valence-electron chi connectivity index (χ4n) is 0.932. The summed E-state index contributed by atoms with van der Waals surface area (Å²) in [5.41, 5.74) is 0. The first-order valence-electron chi connectivity index (χ1n) is 4.11. The molecule has 1 N–H and O–H groups in total. The highest BCUT2D eigenvalue weighted by molar-refractivity contribution is 5.49. The van der Waals surface area contributed by atoms with Crippen LogP contribution in [-0.4, -0.2) is 56.3 Å². The van der Waals surface area contributed by atoms with Gasteiger partial charge in [-0.25, -0.2) is 0 Å². The van der Waals surface area contributed by atoms with Crippen LogP contribution in [0.2, 0.25) is 0 Å². The number of aliphatic hydroxyl groups excluding tert-OH is 1. The van der Waals surface area contributed by atoms with E-state index in [1.54, 1.807) is 7.11 Å². The highest BCUT2D eigenvalue weighted by Crippen LogP contribution is 1.89. The van der Waals surface area contributed by atoms with Gasteiger partial charge in [0.05, 0.1) is 13.2 Å². The number of ether oxygens (including phenoxy) is 1. The summed E-state index contributed by atoms with van der Waals surface area (Å²) < 4.78 is 4.89. The van der Waals surface area contributed by atoms with Crippen molar-refractivity contribution in [2.75, 3.05) is 40.0 Å². The molecule has 0 heterocycles. The molecule has 12 heavy (non-hydrogen) atoms. The maximum atomic E-state index is 10.1. The van der Waals surface area contributed by atoms with E-state index in [-0.39, 0.29) is 6.61 Å². The van der Waals surface area contributed by atoms with E-state index in [1.807, 2.05) is 4.90 Å². The SMILES string of the molecule is COCCN(CCO)CCC=O. The molecule has 4 nitrogen and oxygen atoms in total. The normalized spacial score (nSPS) is 10.6. The van der Waals surface area contributed by atoms with Gasteiger partial charge < -0.3 is 14.6 Å². The molecule has 0 fully saturated rings. The molecule has 0 aliphatic carbocycles. The molecule has 0 bridgehead atoms. The third-order valence-electron chi connectivity index (χ3n) is 1.59. The molecule has 0 saturated heterocycles. The number of aldehydes is 1. The van der Waals surface area contributed by atoms with E-state index in [9.17, 15) is 4.79 Å². The minimum Gasteiger partial charge on any atom is -0.395 e. The van der Waals surface area contributed by atoms with Crippen LogP contribution in [0.3, 0.4) is 0 Å². The van der Waals surface area contributed by atoms with Gasteiger partial charge in [0.2, 0.25) is 0 Å². The van der Waals surface area contributed by atoms with Gasteiger partial charge in [-0.2, -0.15) is 0 Å². The lowest BCUT2D eigenvalue weighted by Gasteiger charge is -2.19. The first kappa shape index (κ1) is 11.6. The molecular weight excluding hydrogens is 158 g/mol. The molecule has 0 atom stereocenters. The van der Waals surface area contributed by atoms with Crippen LogP contribution in [0, 0.1) is 0 Å². The first-order valence-corrected chi connectivity index (χ1v) is 4.11. The number of methoxy groups -OCH3 is 1. The highest BCUT2D eigenvalue weighted by Gasteiger charge is 2.01. The molecule has 0 unspecified atom stereocenters. The van der Waals surface area contributed by atoms with Gasteiger partial charge in [-0.05, 0) is 0 Å². The van der Waals surface area contributed by atoms with Crippen molar-refractivity contribution in [3.63, 3.8) is 0 Å². The molecule has 72 valence electrons. The molecule has 0 amide bonds. The summed E-state index contributed by atoms with van der Waals surface area (Å²) in [4.78, 5) is 12.1. The van der Waals surface area contributed by atoms with Crippen molar-refractivity contribution in [2.24, 2.45) is 0 Å². The van der Waals surface area contributed by atoms with Crippen molar-refractivity contribution in [1.82, 2.24) is 4.90 Å². The van der Waals surface area contributed by atoms with E-state index in [1.165, 1.54) is 0 Å². The van der Waals surface area contributed by atoms with Gasteiger partial charge in [0.25, 0.3) is 0 Å². The van der Waals surface area contributed by atoms with Crippen molar-refractivity contribution in [2.45, 2.75) is 6.42 Å². The second kappa shape index (κ2) is 8.64. The molecule has 0 aliphatic heterocycles. The van der Waals surface area contributed by atoms with Crippen LogP contribution in [-0.2, 0) is 9.53 Å². The molecule has 0 radical (unpaired) electrons. The van der Waals surface area contributed by atoms with Gasteiger partial charge in [0.1, 0.15) is 6.29 Å². The fourth-order valence-corrected chi connectivity index (χ4v) is 0.932. The Balaban J connectivity index is 3.46. The standard InChI is InChI=1S/C8H17NO3/c1-12-8-5-9(4-7-11)3-2-6-10/h6,11H,2-5,7-8H2,1H3. The average molecular weight is 175 g/mol. The zero-order chi connectivity index (χ0) is 9.23. The van der Waals surface area contributed by atoms with Crippen LogP contribution in [0.25, 0.3) is 0 Å². The molecule has 0 spiro atoms. The van der Waals surface area contributed by atoms with Crippen LogP contribution in [0.4, 0.5) is 0 Å². The average Bonchev–Trinajstić information content (AvgIpc) is 2.10. The molecule has 0 aromatic carbocycles. The second-order valence-corrected chi connectivity index (χ2v) is 2.51. The zero-order valence-corrected chi connectivity index (χ0v) is 7.53. The van der Waals surface area contributed by atoms with Gasteiger partial charge in [-0.1, -0.05) is 0 Å². The maximum absolute atomic E-state index is 10.1. The number of hydrogen-bond acceptors (Lipinski definition) is 4. The van der Waals surface area contributed by atoms with Gasteiger partial charge >= 0.3 is 0 Å². The Morgan fingerprint density at radius 3 is 2.67 bits per heavy atom. The molecule has 0 rings (SSSR count). The number of rotatable bonds is 8. The van der Waals surface area contributed by atoms with Gasteiger partial charge in [0, 0.05) is 33.2 Å². The van der Waals surface area contributed by atoms with Crippen molar-refractivity contribution in [3.8, 4) is 0 Å². The molecule has 0 aliphatic rings. The maximum Gasteiger partial charge on any atom is 0.121 e. The lowest BCUT2D eigenvalue weighted by atomic mass is 10.4. The van der Waals surface area contributed by atoms with Crippen molar-refractivity contribution < 1.29 is 14.6 Å². The first-order chi connectivity index (χ1) is 5.85. The van der Waals surface area contributed by atoms with Crippen LogP contribution in [0.1, 0.15) is 6.42 Å². The number of carbonyl (C=O) groups excluding carboxylic acids is 1. The van der Waals surface area contributed by atoms with E-state index < -0.39 is 0 Å². The van der Waals surface area contributed by atoms with Crippen LogP contribution >= 0.6 is 0 Å². The third-order valence-corrected chi connectivity index (χ3v) is 1.59. The lowest BCUT2D eigenvalue weighted by Crippen LogP contribution is -2.31. The Morgan fingerprint density at radius 1 is 1.42 bits per heavy atom. The monoisotopic (exact) mass is 175 g/mol. The Hall–Kier alpha value is -0.450. The summed E-state index contributed by atoms with van der Waals surface area (Å²) in [6.45, 7) is 2.84. The Kier molecular flexibility index (Phi) is 8.32. The Morgan fingerprint density at radius 2 is 2.17 bits per heavy atom. The van der Waals surface area contributed by atoms with E-state index in [0.29, 0.717) is 26.1 Å². The molecular formula is C8H17NO3. The van der Waals surface area contributed by atoms with E-state index in [0.717, 1.165) is 12.8 Å². The molecule has 0 aromatic rings. The van der Waals surface area contributed by atoms with Crippen molar-refractivity contribution in [3.05, 3.63) is 0 Å². The van der Waals surface area contributed by atoms with Crippen molar-refractivity contribution >= 4 is 6.29 Å². The number of carbonyl (C=O) groups is 1. The summed E-state index contributed by atoms with van der Waals surface area (Å²) in [6.07, 6.45) is 1.40. The quantitative estimate of drug-likeness (QED) is 0.506. The number of aliphatic hydroxyl groups is 1. The summed E-state index contributed by atoms with van der Waals surface area (Å²) in [5, 5.41) is 8.66. The fraction of sp³-hybridized carbons (Fsp3) is 0.875. The van der Waals surface area contributed by atoms with Gasteiger partial charge in [-0.3, -0.25) is 4.90 Å². The van der Waals surface area contributed by atoms with E-state index in [4.69, 9.17) is 9.84 Å². The number of nitrogens with zero attached hydrogens (tertiary/aromatic N) is 1. The van der Waals surface area contributed by atoms with E-state index in [2.05, 4.69) is 0 Å². The molecule has 0 saturated carbocycles. The number of hydrogen-bond donors (Lipinski definition) is 1. The lowest BCUT2D eigenvalue weighted by molar-refractivity contribution is -0.108. The molecule has 0 aromatic heterocycles. The highest BCUT2D eigenvalue weighted by atomic mass is 16.5. The zero-order valence-electron chi connectivity index (χ0n) is 7.53. The largest absolute Gasteiger partial charge is 0.395 e. The Labute approximate surface area is 73.1 Å². The molecule has 4 heteroatoms. The Bertz CT molecular complexity index is 108. The van der Waals surface area contributed by atoms with Crippen LogP contribution in [0.15, 0.2) is 0 Å². The van der Waals surface area contributed by atoms with Crippen LogP contribution < -0.4 is 0 Å². The topological polar surface area (TPSA) is 49.8 Å². The smallest absolute Gasteiger partial charge is 0.121 e. The van der Waals surface area contributed by atoms with Gasteiger partial charge in [0.15, 0.2) is 0 Å². The summed E-state index contributed by atoms with van der Waals surface area (Å²) >= 11 is 0. The second-order valence-electron chi connectivity index (χ2n) is 2.51. The minimum absolute atomic E-state index is 0.128. The van der Waals surface area contributed by atoms with E-state index >= 15 is 0 Å². The minimum atomic E-state index is 0.128. The van der Waals surface area contributed by atoms with Crippen molar-refractivity contribution in [1.29, 1.82) is 0 Å². The van der Waals surface area contributed by atoms with Gasteiger partial charge in [-0.15, -0.1) is 0 Å². The summed E-state index contributed by atoms with van der Waals surface area (Å²) in [7, 11) is 1.64. The summed E-state index contributed by atoms with van der Waals surface area (Å²) in [5.74, 6) is 0. The predicted molar refractivity (Wildman–Crippen MR) is 46.1 cm³/mol. The predicted octanol–water partition coefficient (Wildman–Crippen LogP) is -0.484. The third kappa shape index (κ3) is 6.27. The summed E-state index contributed by atoms with van der Waals surface area (Å²) in [6, 6.07) is 0. The van der Waals surface area contributed by atoms with Crippen LogP contribution in [0.5, 0.6) is 0 Å².